The lowest BCUT2D eigenvalue weighted by atomic mass is 10.0. The molecule has 1 aromatic rings. The molecular weight excluding hydrogens is 592 g/mol. The van der Waals surface area contributed by atoms with Gasteiger partial charge in [0.2, 0.25) is 0 Å². The number of rotatable bonds is 11. The molecule has 31 heavy (non-hydrogen) atoms. The Kier molecular flexibility index (Phi) is 10.1. The molecule has 7 heteroatoms. The summed E-state index contributed by atoms with van der Waals surface area (Å²) in [6.07, 6.45) is 2.59. The molecule has 0 aliphatic rings. The summed E-state index contributed by atoms with van der Waals surface area (Å²) in [6, 6.07) is 0. The fraction of sp³-hybridized carbons (Fsp3) is 0.458. The average Bonchev–Trinajstić information content (AvgIpc) is 2.65. The van der Waals surface area contributed by atoms with Crippen LogP contribution in [0.5, 0.6) is 5.75 Å². The van der Waals surface area contributed by atoms with Gasteiger partial charge in [0, 0.05) is 17.3 Å². The third-order valence-electron chi connectivity index (χ3n) is 4.64. The molecule has 1 aromatic carbocycles. The Labute approximate surface area is 211 Å². The maximum atomic E-state index is 12.4. The molecule has 172 valence electrons. The van der Waals surface area contributed by atoms with Crippen molar-refractivity contribution in [1.29, 1.82) is 0 Å². The van der Waals surface area contributed by atoms with Crippen LogP contribution in [0.2, 0.25) is 0 Å². The number of halogens is 3. The largest absolute Gasteiger partial charge is 0.489 e. The number of allylic oxidation sites excluding steroid dienone is 1. The van der Waals surface area contributed by atoms with Gasteiger partial charge in [0.05, 0.1) is 8.95 Å². The van der Waals surface area contributed by atoms with E-state index in [2.05, 4.69) is 67.5 Å². The number of hydrogen-bond acceptors (Lipinski definition) is 4. The van der Waals surface area contributed by atoms with Gasteiger partial charge >= 0.3 is 5.97 Å². The second-order valence-corrected chi connectivity index (χ2v) is 11.0. The standard InChI is InChI=1S/C24H31Br3O4/c1-10-14(2)30-23(6,7)12-11-18(28)31-24(8,9)13-15(3)29-22-20(26)17(5)16(4)19(25)21(22)27/h10H,1-3,11-13H2,4-9H3. The highest BCUT2D eigenvalue weighted by molar-refractivity contribution is 9.13. The summed E-state index contributed by atoms with van der Waals surface area (Å²) in [5, 5.41) is 0. The van der Waals surface area contributed by atoms with E-state index in [1.807, 2.05) is 41.5 Å². The van der Waals surface area contributed by atoms with Gasteiger partial charge in [-0.05, 0) is 113 Å². The molecule has 0 spiro atoms. The predicted molar refractivity (Wildman–Crippen MR) is 137 cm³/mol. The van der Waals surface area contributed by atoms with Gasteiger partial charge in [-0.2, -0.15) is 0 Å². The van der Waals surface area contributed by atoms with Gasteiger partial charge in [0.25, 0.3) is 0 Å². The number of carbonyl (C=O) groups excluding carboxylic acids is 1. The SMILES string of the molecule is C=CC(=C)OC(C)(C)CCC(=O)OC(C)(C)CC(=C)Oc1c(Br)c(C)c(C)c(Br)c1Br. The van der Waals surface area contributed by atoms with Crippen LogP contribution in [0.25, 0.3) is 0 Å². The Morgan fingerprint density at radius 2 is 1.48 bits per heavy atom. The molecule has 0 fully saturated rings. The quantitative estimate of drug-likeness (QED) is 0.107. The summed E-state index contributed by atoms with van der Waals surface area (Å²) < 4.78 is 20.0. The van der Waals surface area contributed by atoms with Crippen LogP contribution in [0.4, 0.5) is 0 Å². The molecule has 4 nitrogen and oxygen atoms in total. The molecular formula is C24H31Br3O4. The highest BCUT2D eigenvalue weighted by Gasteiger charge is 2.28. The van der Waals surface area contributed by atoms with E-state index in [1.165, 1.54) is 0 Å². The average molecular weight is 623 g/mol. The van der Waals surface area contributed by atoms with E-state index in [0.717, 1.165) is 24.5 Å². The van der Waals surface area contributed by atoms with Crippen molar-refractivity contribution in [2.45, 2.75) is 72.0 Å². The lowest BCUT2D eigenvalue weighted by Crippen LogP contribution is -2.31. The lowest BCUT2D eigenvalue weighted by molar-refractivity contribution is -0.158. The first-order valence-electron chi connectivity index (χ1n) is 9.81. The fourth-order valence-corrected chi connectivity index (χ4v) is 4.75. The molecule has 0 aromatic heterocycles. The highest BCUT2D eigenvalue weighted by atomic mass is 79.9. The number of benzene rings is 1. The zero-order chi connectivity index (χ0) is 24.1. The normalized spacial score (nSPS) is 11.6. The minimum atomic E-state index is -0.778. The van der Waals surface area contributed by atoms with Gasteiger partial charge in [-0.25, -0.2) is 0 Å². The molecule has 0 aliphatic carbocycles. The molecule has 1 rings (SSSR count). The Hall–Kier alpha value is -1.05. The van der Waals surface area contributed by atoms with Gasteiger partial charge in [-0.3, -0.25) is 4.79 Å². The molecule has 0 aliphatic heterocycles. The summed E-state index contributed by atoms with van der Waals surface area (Å²) in [7, 11) is 0. The third kappa shape index (κ3) is 8.43. The number of hydrogen-bond donors (Lipinski definition) is 0. The van der Waals surface area contributed by atoms with Crippen molar-refractivity contribution in [3.63, 3.8) is 0 Å². The zero-order valence-electron chi connectivity index (χ0n) is 19.1. The molecule has 0 amide bonds. The van der Waals surface area contributed by atoms with Gasteiger partial charge in [-0.15, -0.1) is 0 Å². The van der Waals surface area contributed by atoms with Crippen LogP contribution in [0.15, 0.2) is 50.7 Å². The molecule has 0 saturated heterocycles. The molecule has 0 N–H and O–H groups in total. The summed E-state index contributed by atoms with van der Waals surface area (Å²) in [5.41, 5.74) is 0.845. The molecule has 0 bridgehead atoms. The van der Waals surface area contributed by atoms with Crippen molar-refractivity contribution in [3.05, 3.63) is 61.9 Å². The van der Waals surface area contributed by atoms with Crippen LogP contribution in [-0.4, -0.2) is 17.2 Å². The Bertz CT molecular complexity index is 856. The Morgan fingerprint density at radius 1 is 0.935 bits per heavy atom. The van der Waals surface area contributed by atoms with Crippen LogP contribution < -0.4 is 4.74 Å². The first-order chi connectivity index (χ1) is 14.1. The Morgan fingerprint density at radius 3 is 2.03 bits per heavy atom. The topological polar surface area (TPSA) is 44.8 Å². The van der Waals surface area contributed by atoms with Crippen molar-refractivity contribution in [2.75, 3.05) is 0 Å². The van der Waals surface area contributed by atoms with Crippen LogP contribution in [-0.2, 0) is 14.3 Å². The van der Waals surface area contributed by atoms with Crippen molar-refractivity contribution < 1.29 is 19.0 Å². The van der Waals surface area contributed by atoms with E-state index < -0.39 is 11.2 Å². The zero-order valence-corrected chi connectivity index (χ0v) is 23.8. The van der Waals surface area contributed by atoms with E-state index in [1.54, 1.807) is 6.08 Å². The van der Waals surface area contributed by atoms with Gasteiger partial charge in [0.15, 0.2) is 5.75 Å². The highest BCUT2D eigenvalue weighted by Crippen LogP contribution is 2.44. The number of ether oxygens (including phenoxy) is 3. The number of carbonyl (C=O) groups is 1. The molecule has 0 unspecified atom stereocenters. The molecule has 0 radical (unpaired) electrons. The second-order valence-electron chi connectivity index (χ2n) is 8.60. The molecule has 0 atom stereocenters. The summed E-state index contributed by atoms with van der Waals surface area (Å²) in [4.78, 5) is 12.4. The van der Waals surface area contributed by atoms with E-state index in [-0.39, 0.29) is 12.4 Å². The van der Waals surface area contributed by atoms with Crippen molar-refractivity contribution >= 4 is 53.8 Å². The predicted octanol–water partition coefficient (Wildman–Crippen LogP) is 8.47. The van der Waals surface area contributed by atoms with Crippen LogP contribution >= 0.6 is 47.8 Å². The van der Waals surface area contributed by atoms with Crippen LogP contribution in [0.3, 0.4) is 0 Å². The van der Waals surface area contributed by atoms with Gasteiger partial charge in [0.1, 0.15) is 22.7 Å². The van der Waals surface area contributed by atoms with Gasteiger partial charge < -0.3 is 14.2 Å². The van der Waals surface area contributed by atoms with E-state index in [0.29, 0.717) is 30.1 Å². The summed E-state index contributed by atoms with van der Waals surface area (Å²) in [5.74, 6) is 1.28. The molecule has 0 heterocycles. The van der Waals surface area contributed by atoms with E-state index in [4.69, 9.17) is 14.2 Å². The second kappa shape index (κ2) is 11.2. The van der Waals surface area contributed by atoms with E-state index in [9.17, 15) is 4.79 Å². The minimum Gasteiger partial charge on any atom is -0.489 e. The van der Waals surface area contributed by atoms with Crippen LogP contribution in [0, 0.1) is 13.8 Å². The third-order valence-corrected chi connectivity index (χ3v) is 7.87. The van der Waals surface area contributed by atoms with E-state index >= 15 is 0 Å². The maximum absolute atomic E-state index is 12.4. The van der Waals surface area contributed by atoms with Crippen LogP contribution in [0.1, 0.15) is 58.1 Å². The molecule has 0 saturated carbocycles. The fourth-order valence-electron chi connectivity index (χ4n) is 2.85. The number of esters is 1. The minimum absolute atomic E-state index is 0.218. The first kappa shape index (κ1) is 28.0. The monoisotopic (exact) mass is 620 g/mol. The lowest BCUT2D eigenvalue weighted by Gasteiger charge is -2.29. The smallest absolute Gasteiger partial charge is 0.306 e. The maximum Gasteiger partial charge on any atom is 0.306 e. The van der Waals surface area contributed by atoms with Crippen molar-refractivity contribution in [2.24, 2.45) is 0 Å². The van der Waals surface area contributed by atoms with Crippen molar-refractivity contribution in [3.8, 4) is 5.75 Å². The Balaban J connectivity index is 2.74. The first-order valence-corrected chi connectivity index (χ1v) is 12.2. The summed E-state index contributed by atoms with van der Waals surface area (Å²) in [6.45, 7) is 22.9. The van der Waals surface area contributed by atoms with Crippen molar-refractivity contribution in [1.82, 2.24) is 0 Å². The summed E-state index contributed by atoms with van der Waals surface area (Å²) >= 11 is 10.8. The van der Waals surface area contributed by atoms with Gasteiger partial charge in [-0.1, -0.05) is 19.7 Å².